The lowest BCUT2D eigenvalue weighted by atomic mass is 10.1. The number of rotatable bonds is 7. The third-order valence-electron chi connectivity index (χ3n) is 4.99. The molecule has 5 nitrogen and oxygen atoms in total. The first-order valence-electron chi connectivity index (χ1n) is 10.6. The lowest BCUT2D eigenvalue weighted by Gasteiger charge is -2.12. The zero-order valence-electron chi connectivity index (χ0n) is 19.4. The number of benzene rings is 3. The summed E-state index contributed by atoms with van der Waals surface area (Å²) in [6, 6.07) is 17.0. The first-order valence-corrected chi connectivity index (χ1v) is 10.6. The Morgan fingerprint density at radius 1 is 1.03 bits per heavy atom. The van der Waals surface area contributed by atoms with Crippen molar-refractivity contribution in [1.82, 2.24) is 0 Å². The lowest BCUT2D eigenvalue weighted by Crippen LogP contribution is -2.14. The van der Waals surface area contributed by atoms with Gasteiger partial charge in [-0.05, 0) is 61.4 Å². The molecule has 0 aromatic heterocycles. The number of aryl methyl sites for hydroxylation is 2. The standard InChI is InChI=1S/C27H23F3N2O3/c1-17-9-18(2)11-20(10-17)16-35-24-8-7-19(13-25(24)34-3)12-21(15-31)26(33)32-23-6-4-5-22(14-23)27(28,29)30/h4-14H,16H2,1-3H3,(H,32,33)/b21-12+. The maximum absolute atomic E-state index is 12.9. The number of methoxy groups -OCH3 is 1. The zero-order chi connectivity index (χ0) is 25.6. The molecular weight excluding hydrogens is 457 g/mol. The van der Waals surface area contributed by atoms with E-state index >= 15 is 0 Å². The number of carbonyl (C=O) groups is 1. The van der Waals surface area contributed by atoms with Gasteiger partial charge in [-0.1, -0.05) is 41.5 Å². The number of hydrogen-bond donors (Lipinski definition) is 1. The van der Waals surface area contributed by atoms with Gasteiger partial charge in [-0.3, -0.25) is 4.79 Å². The van der Waals surface area contributed by atoms with Crippen molar-refractivity contribution in [3.8, 4) is 17.6 Å². The first-order chi connectivity index (χ1) is 16.6. The maximum atomic E-state index is 12.9. The molecule has 0 radical (unpaired) electrons. The Kier molecular flexibility index (Phi) is 7.82. The van der Waals surface area contributed by atoms with Gasteiger partial charge in [0.1, 0.15) is 18.2 Å². The Bertz CT molecular complexity index is 1290. The second-order valence-corrected chi connectivity index (χ2v) is 7.90. The van der Waals surface area contributed by atoms with Crippen LogP contribution in [-0.2, 0) is 17.6 Å². The monoisotopic (exact) mass is 480 g/mol. The summed E-state index contributed by atoms with van der Waals surface area (Å²) in [6.45, 7) is 4.35. The first kappa shape index (κ1) is 25.4. The molecule has 0 spiro atoms. The van der Waals surface area contributed by atoms with Gasteiger partial charge in [-0.25, -0.2) is 0 Å². The Morgan fingerprint density at radius 2 is 1.74 bits per heavy atom. The summed E-state index contributed by atoms with van der Waals surface area (Å²) in [4.78, 5) is 12.5. The molecule has 0 saturated heterocycles. The molecule has 0 aliphatic rings. The summed E-state index contributed by atoms with van der Waals surface area (Å²) in [5.41, 5.74) is 2.49. The fourth-order valence-corrected chi connectivity index (χ4v) is 3.49. The topological polar surface area (TPSA) is 71.3 Å². The number of amides is 1. The van der Waals surface area contributed by atoms with Crippen molar-refractivity contribution in [1.29, 1.82) is 5.26 Å². The molecule has 0 aliphatic carbocycles. The number of nitrogens with one attached hydrogen (secondary N) is 1. The van der Waals surface area contributed by atoms with Crippen LogP contribution in [0.2, 0.25) is 0 Å². The van der Waals surface area contributed by atoms with E-state index in [1.54, 1.807) is 24.3 Å². The Labute approximate surface area is 201 Å². The molecule has 8 heteroatoms. The molecule has 3 aromatic carbocycles. The van der Waals surface area contributed by atoms with E-state index in [9.17, 15) is 23.2 Å². The van der Waals surface area contributed by atoms with E-state index in [1.165, 1.54) is 25.3 Å². The average Bonchev–Trinajstić information content (AvgIpc) is 2.80. The molecule has 0 unspecified atom stereocenters. The Morgan fingerprint density at radius 3 is 2.37 bits per heavy atom. The fraction of sp³-hybridized carbons (Fsp3) is 0.185. The minimum atomic E-state index is -4.55. The average molecular weight is 480 g/mol. The number of ether oxygens (including phenoxy) is 2. The highest BCUT2D eigenvalue weighted by Crippen LogP contribution is 2.31. The maximum Gasteiger partial charge on any atom is 0.416 e. The van der Waals surface area contributed by atoms with E-state index in [0.29, 0.717) is 23.7 Å². The second-order valence-electron chi connectivity index (χ2n) is 7.90. The molecule has 3 aromatic rings. The van der Waals surface area contributed by atoms with Crippen molar-refractivity contribution in [3.63, 3.8) is 0 Å². The van der Waals surface area contributed by atoms with Crippen LogP contribution < -0.4 is 14.8 Å². The number of alkyl halides is 3. The molecule has 0 bridgehead atoms. The van der Waals surface area contributed by atoms with E-state index in [4.69, 9.17) is 9.47 Å². The Hall–Kier alpha value is -4.25. The molecule has 0 atom stereocenters. The van der Waals surface area contributed by atoms with Gasteiger partial charge < -0.3 is 14.8 Å². The quantitative estimate of drug-likeness (QED) is 0.311. The van der Waals surface area contributed by atoms with Crippen LogP contribution in [0.3, 0.4) is 0 Å². The number of halogens is 3. The van der Waals surface area contributed by atoms with Crippen molar-refractivity contribution in [2.75, 3.05) is 12.4 Å². The molecule has 0 aliphatic heterocycles. The van der Waals surface area contributed by atoms with Gasteiger partial charge in [0, 0.05) is 5.69 Å². The van der Waals surface area contributed by atoms with E-state index in [0.717, 1.165) is 28.8 Å². The van der Waals surface area contributed by atoms with Crippen molar-refractivity contribution in [2.45, 2.75) is 26.6 Å². The van der Waals surface area contributed by atoms with E-state index in [1.807, 2.05) is 26.0 Å². The van der Waals surface area contributed by atoms with Gasteiger partial charge in [0.2, 0.25) is 0 Å². The molecule has 3 rings (SSSR count). The molecular formula is C27H23F3N2O3. The highest BCUT2D eigenvalue weighted by Gasteiger charge is 2.30. The largest absolute Gasteiger partial charge is 0.493 e. The summed E-state index contributed by atoms with van der Waals surface area (Å²) in [6.07, 6.45) is -3.23. The molecule has 1 amide bonds. The number of carbonyl (C=O) groups excluding carboxylic acids is 1. The summed E-state index contributed by atoms with van der Waals surface area (Å²) in [5, 5.41) is 11.8. The molecule has 180 valence electrons. The van der Waals surface area contributed by atoms with Gasteiger partial charge in [-0.15, -0.1) is 0 Å². The van der Waals surface area contributed by atoms with Gasteiger partial charge in [0.05, 0.1) is 12.7 Å². The molecule has 0 fully saturated rings. The lowest BCUT2D eigenvalue weighted by molar-refractivity contribution is -0.137. The van der Waals surface area contributed by atoms with Crippen LogP contribution in [0.5, 0.6) is 11.5 Å². The minimum absolute atomic E-state index is 0.0707. The number of anilines is 1. The smallest absolute Gasteiger partial charge is 0.416 e. The molecule has 1 N–H and O–H groups in total. The highest BCUT2D eigenvalue weighted by molar-refractivity contribution is 6.09. The summed E-state index contributed by atoms with van der Waals surface area (Å²) in [5.74, 6) is 0.0513. The third kappa shape index (κ3) is 6.87. The number of hydrogen-bond acceptors (Lipinski definition) is 4. The van der Waals surface area contributed by atoms with Crippen LogP contribution >= 0.6 is 0 Å². The predicted molar refractivity (Wildman–Crippen MR) is 127 cm³/mol. The van der Waals surface area contributed by atoms with Crippen molar-refractivity contribution >= 4 is 17.7 Å². The van der Waals surface area contributed by atoms with Crippen LogP contribution in [0.4, 0.5) is 18.9 Å². The number of nitrogens with zero attached hydrogens (tertiary/aromatic N) is 1. The normalized spacial score (nSPS) is 11.5. The van der Waals surface area contributed by atoms with Gasteiger partial charge in [0.25, 0.3) is 5.91 Å². The van der Waals surface area contributed by atoms with Crippen LogP contribution in [0.1, 0.15) is 27.8 Å². The van der Waals surface area contributed by atoms with Crippen LogP contribution in [0, 0.1) is 25.2 Å². The van der Waals surface area contributed by atoms with Gasteiger partial charge in [-0.2, -0.15) is 18.4 Å². The van der Waals surface area contributed by atoms with Gasteiger partial charge >= 0.3 is 6.18 Å². The predicted octanol–water partition coefficient (Wildman–Crippen LogP) is 6.46. The van der Waals surface area contributed by atoms with Crippen LogP contribution in [-0.4, -0.2) is 13.0 Å². The summed E-state index contributed by atoms with van der Waals surface area (Å²) >= 11 is 0. The number of nitriles is 1. The van der Waals surface area contributed by atoms with Gasteiger partial charge in [0.15, 0.2) is 11.5 Å². The summed E-state index contributed by atoms with van der Waals surface area (Å²) < 4.78 is 50.0. The van der Waals surface area contributed by atoms with Crippen molar-refractivity contribution < 1.29 is 27.4 Å². The van der Waals surface area contributed by atoms with Crippen LogP contribution in [0.15, 0.2) is 66.2 Å². The zero-order valence-corrected chi connectivity index (χ0v) is 19.4. The highest BCUT2D eigenvalue weighted by atomic mass is 19.4. The third-order valence-corrected chi connectivity index (χ3v) is 4.99. The van der Waals surface area contributed by atoms with Crippen molar-refractivity contribution in [2.24, 2.45) is 0 Å². The molecule has 0 heterocycles. The van der Waals surface area contributed by atoms with Crippen molar-refractivity contribution in [3.05, 3.63) is 94.1 Å². The van der Waals surface area contributed by atoms with Crippen LogP contribution in [0.25, 0.3) is 6.08 Å². The minimum Gasteiger partial charge on any atom is -0.493 e. The molecule has 35 heavy (non-hydrogen) atoms. The second kappa shape index (κ2) is 10.8. The summed E-state index contributed by atoms with van der Waals surface area (Å²) in [7, 11) is 1.47. The SMILES string of the molecule is COc1cc(/C=C(\C#N)C(=O)Nc2cccc(C(F)(F)F)c2)ccc1OCc1cc(C)cc(C)c1. The fourth-order valence-electron chi connectivity index (χ4n) is 3.49. The Balaban J connectivity index is 1.77. The molecule has 0 saturated carbocycles. The van der Waals surface area contributed by atoms with E-state index in [2.05, 4.69) is 11.4 Å². The van der Waals surface area contributed by atoms with E-state index < -0.39 is 17.6 Å². The van der Waals surface area contributed by atoms with E-state index in [-0.39, 0.29) is 11.3 Å².